The number of nitrogen functional groups attached to an aromatic ring is 1. The second kappa shape index (κ2) is 6.97. The Balaban J connectivity index is 1.86. The highest BCUT2D eigenvalue weighted by Crippen LogP contribution is 2.20. The van der Waals surface area contributed by atoms with E-state index in [2.05, 4.69) is 9.97 Å². The summed E-state index contributed by atoms with van der Waals surface area (Å²) in [7, 11) is -1.74. The zero-order valence-electron chi connectivity index (χ0n) is 11.7. The second-order valence-corrected chi connectivity index (χ2v) is 7.89. The number of hydrogen-bond donors (Lipinski definition) is 2. The third-order valence-corrected chi connectivity index (χ3v) is 5.92. The smallest absolute Gasteiger partial charge is 0.215 e. The first-order valence-corrected chi connectivity index (χ1v) is 8.97. The molecule has 0 aliphatic heterocycles. The van der Waals surface area contributed by atoms with Gasteiger partial charge in [-0.15, -0.1) is 11.8 Å². The molecule has 2 rings (SSSR count). The number of anilines is 1. The van der Waals surface area contributed by atoms with Gasteiger partial charge in [0.2, 0.25) is 10.0 Å². The zero-order chi connectivity index (χ0) is 15.3. The first kappa shape index (κ1) is 15.9. The summed E-state index contributed by atoms with van der Waals surface area (Å²) in [5.74, 6) is 1.18. The molecule has 0 spiro atoms. The van der Waals surface area contributed by atoms with Crippen LogP contribution < -0.4 is 5.73 Å². The molecule has 2 aromatic rings. The summed E-state index contributed by atoms with van der Waals surface area (Å²) >= 11 is 1.48. The predicted octanol–water partition coefficient (Wildman–Crippen LogP) is 1.55. The summed E-state index contributed by atoms with van der Waals surface area (Å²) < 4.78 is 25.6. The van der Waals surface area contributed by atoms with Crippen molar-refractivity contribution in [3.8, 4) is 0 Å². The highest BCUT2D eigenvalue weighted by molar-refractivity contribution is 8.00. The van der Waals surface area contributed by atoms with Crippen LogP contribution in [-0.4, -0.2) is 41.2 Å². The molecule has 0 aliphatic carbocycles. The normalized spacial score (nSPS) is 11.9. The van der Waals surface area contributed by atoms with E-state index in [9.17, 15) is 8.42 Å². The molecule has 0 bridgehead atoms. The number of nitrogens with one attached hydrogen (secondary N) is 1. The number of H-pyrrole nitrogens is 1. The molecular formula is C13H18N4O2S2. The molecule has 0 fully saturated rings. The maximum Gasteiger partial charge on any atom is 0.215 e. The van der Waals surface area contributed by atoms with Gasteiger partial charge in [0, 0.05) is 35.8 Å². The Labute approximate surface area is 128 Å². The van der Waals surface area contributed by atoms with E-state index >= 15 is 0 Å². The van der Waals surface area contributed by atoms with Crippen LogP contribution in [0.4, 0.5) is 5.69 Å². The number of nitrogens with two attached hydrogens (primary N) is 1. The molecule has 0 radical (unpaired) electrons. The lowest BCUT2D eigenvalue weighted by atomic mass is 10.3. The Morgan fingerprint density at radius 1 is 1.43 bits per heavy atom. The number of imidazole rings is 1. The molecule has 114 valence electrons. The molecule has 8 heteroatoms. The van der Waals surface area contributed by atoms with E-state index in [4.69, 9.17) is 5.73 Å². The fourth-order valence-corrected chi connectivity index (χ4v) is 4.16. The maximum absolute atomic E-state index is 12.2. The van der Waals surface area contributed by atoms with E-state index in [1.54, 1.807) is 25.5 Å². The molecule has 1 aromatic heterocycles. The van der Waals surface area contributed by atoms with Crippen molar-refractivity contribution >= 4 is 27.5 Å². The Kier molecular flexibility index (Phi) is 5.27. The van der Waals surface area contributed by atoms with Crippen LogP contribution >= 0.6 is 11.8 Å². The molecule has 0 atom stereocenters. The van der Waals surface area contributed by atoms with Crippen LogP contribution in [0.2, 0.25) is 0 Å². The van der Waals surface area contributed by atoms with E-state index in [-0.39, 0.29) is 12.3 Å². The van der Waals surface area contributed by atoms with Crippen molar-refractivity contribution in [2.45, 2.75) is 11.4 Å². The summed E-state index contributed by atoms with van der Waals surface area (Å²) in [5.41, 5.74) is 6.37. The fraction of sp³-hybridized carbons (Fsp3) is 0.308. The number of sulfonamides is 1. The minimum absolute atomic E-state index is 0.0731. The van der Waals surface area contributed by atoms with Crippen molar-refractivity contribution in [2.75, 3.05) is 24.3 Å². The van der Waals surface area contributed by atoms with Crippen LogP contribution in [0.25, 0.3) is 0 Å². The zero-order valence-corrected chi connectivity index (χ0v) is 13.3. The molecular weight excluding hydrogens is 308 g/mol. The monoisotopic (exact) mass is 326 g/mol. The minimum atomic E-state index is -3.30. The third kappa shape index (κ3) is 4.76. The van der Waals surface area contributed by atoms with Gasteiger partial charge in [0.25, 0.3) is 0 Å². The van der Waals surface area contributed by atoms with Gasteiger partial charge in [0.1, 0.15) is 5.82 Å². The summed E-state index contributed by atoms with van der Waals surface area (Å²) in [4.78, 5) is 7.89. The number of nitrogens with zero attached hydrogens (tertiary/aromatic N) is 2. The van der Waals surface area contributed by atoms with E-state index in [1.165, 1.54) is 16.1 Å². The Morgan fingerprint density at radius 2 is 2.24 bits per heavy atom. The summed E-state index contributed by atoms with van der Waals surface area (Å²) in [5, 5.41) is 0. The predicted molar refractivity (Wildman–Crippen MR) is 85.4 cm³/mol. The van der Waals surface area contributed by atoms with E-state index in [0.29, 0.717) is 17.3 Å². The quantitative estimate of drug-likeness (QED) is 0.595. The Hall–Kier alpha value is -1.51. The molecule has 6 nitrogen and oxygen atoms in total. The van der Waals surface area contributed by atoms with Gasteiger partial charge in [-0.3, -0.25) is 0 Å². The lowest BCUT2D eigenvalue weighted by Gasteiger charge is -2.15. The van der Waals surface area contributed by atoms with Crippen LogP contribution in [0, 0.1) is 0 Å². The molecule has 1 aromatic carbocycles. The molecule has 0 saturated carbocycles. The van der Waals surface area contributed by atoms with Crippen molar-refractivity contribution in [3.05, 3.63) is 42.5 Å². The topological polar surface area (TPSA) is 92.1 Å². The van der Waals surface area contributed by atoms with Gasteiger partial charge in [-0.1, -0.05) is 6.07 Å². The molecule has 21 heavy (non-hydrogen) atoms. The number of hydrogen-bond acceptors (Lipinski definition) is 5. The summed E-state index contributed by atoms with van der Waals surface area (Å²) in [6.07, 6.45) is 3.27. The number of aromatic nitrogens is 2. The van der Waals surface area contributed by atoms with Gasteiger partial charge in [0.05, 0.1) is 12.3 Å². The largest absolute Gasteiger partial charge is 0.399 e. The molecule has 0 saturated heterocycles. The van der Waals surface area contributed by atoms with Gasteiger partial charge in [-0.05, 0) is 18.2 Å². The highest BCUT2D eigenvalue weighted by atomic mass is 32.2. The SMILES string of the molecule is CN(Cc1ncc[nH]1)S(=O)(=O)CCSc1cccc(N)c1. The molecule has 0 amide bonds. The lowest BCUT2D eigenvalue weighted by molar-refractivity contribution is 0.459. The first-order valence-electron chi connectivity index (χ1n) is 6.38. The summed E-state index contributed by atoms with van der Waals surface area (Å²) in [6, 6.07) is 7.41. The number of aromatic amines is 1. The first-order chi connectivity index (χ1) is 9.97. The molecule has 0 unspecified atom stereocenters. The van der Waals surface area contributed by atoms with Crippen LogP contribution in [-0.2, 0) is 16.6 Å². The van der Waals surface area contributed by atoms with Crippen molar-refractivity contribution < 1.29 is 8.42 Å². The van der Waals surface area contributed by atoms with Crippen LogP contribution in [0.3, 0.4) is 0 Å². The van der Waals surface area contributed by atoms with E-state index < -0.39 is 10.0 Å². The van der Waals surface area contributed by atoms with Crippen LogP contribution in [0.5, 0.6) is 0 Å². The minimum Gasteiger partial charge on any atom is -0.399 e. The lowest BCUT2D eigenvalue weighted by Crippen LogP contribution is -2.30. The van der Waals surface area contributed by atoms with Crippen molar-refractivity contribution in [3.63, 3.8) is 0 Å². The molecule has 3 N–H and O–H groups in total. The standard InChI is InChI=1S/C13H18N4O2S2/c1-17(10-13-15-5-6-16-13)21(18,19)8-7-20-12-4-2-3-11(14)9-12/h2-6,9H,7-8,10,14H2,1H3,(H,15,16). The number of rotatable bonds is 7. The number of benzene rings is 1. The van der Waals surface area contributed by atoms with Crippen molar-refractivity contribution in [2.24, 2.45) is 0 Å². The second-order valence-electron chi connectivity index (χ2n) is 4.53. The van der Waals surface area contributed by atoms with Crippen molar-refractivity contribution in [1.29, 1.82) is 0 Å². The Bertz CT molecular complexity index is 671. The third-order valence-electron chi connectivity index (χ3n) is 2.87. The summed E-state index contributed by atoms with van der Waals surface area (Å²) in [6.45, 7) is 0.248. The van der Waals surface area contributed by atoms with Crippen LogP contribution in [0.15, 0.2) is 41.6 Å². The van der Waals surface area contributed by atoms with Gasteiger partial charge in [0.15, 0.2) is 0 Å². The highest BCUT2D eigenvalue weighted by Gasteiger charge is 2.18. The van der Waals surface area contributed by atoms with E-state index in [0.717, 1.165) is 4.90 Å². The maximum atomic E-state index is 12.2. The van der Waals surface area contributed by atoms with Gasteiger partial charge in [-0.25, -0.2) is 13.4 Å². The van der Waals surface area contributed by atoms with Crippen molar-refractivity contribution in [1.82, 2.24) is 14.3 Å². The van der Waals surface area contributed by atoms with Crippen LogP contribution in [0.1, 0.15) is 5.82 Å². The molecule has 1 heterocycles. The number of thioether (sulfide) groups is 1. The molecule has 0 aliphatic rings. The van der Waals surface area contributed by atoms with E-state index in [1.807, 2.05) is 18.2 Å². The average molecular weight is 326 g/mol. The van der Waals surface area contributed by atoms with Gasteiger partial charge in [-0.2, -0.15) is 4.31 Å². The van der Waals surface area contributed by atoms with Gasteiger partial charge >= 0.3 is 0 Å². The fourth-order valence-electron chi connectivity index (χ4n) is 1.72. The van der Waals surface area contributed by atoms with Gasteiger partial charge < -0.3 is 10.7 Å². The average Bonchev–Trinajstić information content (AvgIpc) is 2.91. The Morgan fingerprint density at radius 3 is 2.90 bits per heavy atom.